The normalized spacial score (nSPS) is 16.8. The Morgan fingerprint density at radius 1 is 1.41 bits per heavy atom. The maximum Gasteiger partial charge on any atom is 0.249 e. The summed E-state index contributed by atoms with van der Waals surface area (Å²) in [6, 6.07) is 7.33. The topological polar surface area (TPSA) is 75.4 Å². The lowest BCUT2D eigenvalue weighted by molar-refractivity contribution is 0.0999. The Morgan fingerprint density at radius 3 is 2.71 bits per heavy atom. The monoisotopic (exact) mass is 234 g/mol. The molecule has 1 fully saturated rings. The Hall–Kier alpha value is -1.39. The molecule has 0 atom stereocenters. The molecule has 0 saturated heterocycles. The van der Waals surface area contributed by atoms with E-state index in [-0.39, 0.29) is 12.0 Å². The number of aliphatic hydroxyl groups excluding tert-OH is 1. The molecule has 4 nitrogen and oxygen atoms in total. The number of aliphatic hydroxyl groups is 1. The number of benzene rings is 1. The summed E-state index contributed by atoms with van der Waals surface area (Å²) in [6.45, 7) is 1.63. The molecule has 0 bridgehead atoms. The van der Waals surface area contributed by atoms with Crippen molar-refractivity contribution < 1.29 is 9.90 Å². The summed E-state index contributed by atoms with van der Waals surface area (Å²) in [7, 11) is 0. The number of primary amides is 1. The zero-order valence-electron chi connectivity index (χ0n) is 9.78. The molecule has 0 radical (unpaired) electrons. The Bertz CT molecular complexity index is 414. The van der Waals surface area contributed by atoms with Crippen molar-refractivity contribution in [1.82, 2.24) is 5.32 Å². The Kier molecular flexibility index (Phi) is 3.45. The first-order valence-corrected chi connectivity index (χ1v) is 5.86. The zero-order valence-corrected chi connectivity index (χ0v) is 9.78. The Labute approximate surface area is 101 Å². The Balaban J connectivity index is 1.92. The highest BCUT2D eigenvalue weighted by atomic mass is 16.3. The second-order valence-corrected chi connectivity index (χ2v) is 4.78. The quantitative estimate of drug-likeness (QED) is 0.676. The number of hydrogen-bond acceptors (Lipinski definition) is 3. The lowest BCUT2D eigenvalue weighted by Crippen LogP contribution is -2.27. The number of hydrogen-bond donors (Lipinski definition) is 3. The maximum atomic E-state index is 11.2. The molecule has 1 saturated carbocycles. The van der Waals surface area contributed by atoms with Gasteiger partial charge in [0.1, 0.15) is 0 Å². The van der Waals surface area contributed by atoms with Crippen LogP contribution in [0.15, 0.2) is 24.3 Å². The first-order valence-electron chi connectivity index (χ1n) is 5.86. The summed E-state index contributed by atoms with van der Waals surface area (Å²) in [6.07, 6.45) is 2.15. The molecule has 0 aliphatic heterocycles. The molecule has 0 unspecified atom stereocenters. The molecule has 0 heterocycles. The van der Waals surface area contributed by atoms with Gasteiger partial charge >= 0.3 is 0 Å². The predicted octanol–water partition coefficient (Wildman–Crippen LogP) is 0.648. The van der Waals surface area contributed by atoms with Gasteiger partial charge in [0.15, 0.2) is 0 Å². The average molecular weight is 234 g/mol. The van der Waals surface area contributed by atoms with Crippen LogP contribution in [0.4, 0.5) is 0 Å². The van der Waals surface area contributed by atoms with Crippen LogP contribution < -0.4 is 11.1 Å². The summed E-state index contributed by atoms with van der Waals surface area (Å²) in [4.78, 5) is 11.2. The van der Waals surface area contributed by atoms with Gasteiger partial charge in [0.05, 0.1) is 0 Å². The van der Waals surface area contributed by atoms with Gasteiger partial charge in [-0.1, -0.05) is 18.2 Å². The SMILES string of the molecule is NC(=O)c1ccccc1CNCC1(CO)CC1. The van der Waals surface area contributed by atoms with E-state index in [9.17, 15) is 9.90 Å². The molecule has 17 heavy (non-hydrogen) atoms. The van der Waals surface area contributed by atoms with Gasteiger partial charge in [-0.05, 0) is 24.5 Å². The van der Waals surface area contributed by atoms with Crippen LogP contribution in [0.5, 0.6) is 0 Å². The molecule has 4 N–H and O–H groups in total. The molecule has 1 aromatic rings. The van der Waals surface area contributed by atoms with Gasteiger partial charge in [0, 0.05) is 30.7 Å². The largest absolute Gasteiger partial charge is 0.396 e. The molecule has 92 valence electrons. The first-order chi connectivity index (χ1) is 8.17. The third-order valence-electron chi connectivity index (χ3n) is 3.39. The van der Waals surface area contributed by atoms with Crippen molar-refractivity contribution in [2.24, 2.45) is 11.1 Å². The second-order valence-electron chi connectivity index (χ2n) is 4.78. The van der Waals surface area contributed by atoms with Crippen LogP contribution in [0.1, 0.15) is 28.8 Å². The number of amides is 1. The molecular formula is C13H18N2O2. The predicted molar refractivity (Wildman–Crippen MR) is 65.4 cm³/mol. The number of carbonyl (C=O) groups excluding carboxylic acids is 1. The first kappa shape index (κ1) is 12.1. The van der Waals surface area contributed by atoms with Crippen molar-refractivity contribution in [1.29, 1.82) is 0 Å². The fourth-order valence-corrected chi connectivity index (χ4v) is 1.94. The third-order valence-corrected chi connectivity index (χ3v) is 3.39. The number of nitrogens with one attached hydrogen (secondary N) is 1. The lowest BCUT2D eigenvalue weighted by Gasteiger charge is -2.13. The average Bonchev–Trinajstić information content (AvgIpc) is 3.10. The molecule has 0 spiro atoms. The third kappa shape index (κ3) is 2.84. The second kappa shape index (κ2) is 4.85. The highest BCUT2D eigenvalue weighted by molar-refractivity contribution is 5.94. The van der Waals surface area contributed by atoms with E-state index in [1.807, 2.05) is 12.1 Å². The number of nitrogens with two attached hydrogens (primary N) is 1. The fourth-order valence-electron chi connectivity index (χ4n) is 1.94. The fraction of sp³-hybridized carbons (Fsp3) is 0.462. The van der Waals surface area contributed by atoms with Gasteiger partial charge in [-0.2, -0.15) is 0 Å². The molecule has 4 heteroatoms. The van der Waals surface area contributed by atoms with Crippen molar-refractivity contribution >= 4 is 5.91 Å². The molecule has 1 aromatic carbocycles. The number of carbonyl (C=O) groups is 1. The minimum Gasteiger partial charge on any atom is -0.396 e. The summed E-state index contributed by atoms with van der Waals surface area (Å²) < 4.78 is 0. The van der Waals surface area contributed by atoms with Gasteiger partial charge < -0.3 is 16.2 Å². The van der Waals surface area contributed by atoms with Gasteiger partial charge in [-0.25, -0.2) is 0 Å². The van der Waals surface area contributed by atoms with Crippen molar-refractivity contribution in [3.8, 4) is 0 Å². The molecular weight excluding hydrogens is 216 g/mol. The van der Waals surface area contributed by atoms with Crippen LogP contribution in [-0.4, -0.2) is 24.2 Å². The molecule has 1 amide bonds. The highest BCUT2D eigenvalue weighted by Crippen LogP contribution is 2.44. The van der Waals surface area contributed by atoms with Gasteiger partial charge in [-0.15, -0.1) is 0 Å². The minimum atomic E-state index is -0.398. The van der Waals surface area contributed by atoms with Crippen LogP contribution in [0.3, 0.4) is 0 Å². The van der Waals surface area contributed by atoms with Crippen molar-refractivity contribution in [2.75, 3.05) is 13.2 Å². The van der Waals surface area contributed by atoms with E-state index in [4.69, 9.17) is 5.73 Å². The molecule has 1 aliphatic carbocycles. The van der Waals surface area contributed by atoms with Crippen LogP contribution in [-0.2, 0) is 6.54 Å². The van der Waals surface area contributed by atoms with Gasteiger partial charge in [0.2, 0.25) is 5.91 Å². The van der Waals surface area contributed by atoms with Crippen molar-refractivity contribution in [2.45, 2.75) is 19.4 Å². The van der Waals surface area contributed by atoms with Crippen LogP contribution in [0.2, 0.25) is 0 Å². The number of rotatable bonds is 6. The van der Waals surface area contributed by atoms with E-state index in [0.717, 1.165) is 24.9 Å². The van der Waals surface area contributed by atoms with Gasteiger partial charge in [-0.3, -0.25) is 4.79 Å². The van der Waals surface area contributed by atoms with E-state index in [1.165, 1.54) is 0 Å². The minimum absolute atomic E-state index is 0.0850. The highest BCUT2D eigenvalue weighted by Gasteiger charge is 2.41. The van der Waals surface area contributed by atoms with Crippen molar-refractivity contribution in [3.05, 3.63) is 35.4 Å². The summed E-state index contributed by atoms with van der Waals surface area (Å²) in [5.41, 5.74) is 6.86. The van der Waals surface area contributed by atoms with Crippen LogP contribution in [0.25, 0.3) is 0 Å². The van der Waals surface area contributed by atoms with Crippen LogP contribution in [0, 0.1) is 5.41 Å². The molecule has 0 aromatic heterocycles. The smallest absolute Gasteiger partial charge is 0.249 e. The van der Waals surface area contributed by atoms with E-state index in [1.54, 1.807) is 12.1 Å². The van der Waals surface area contributed by atoms with E-state index in [2.05, 4.69) is 5.32 Å². The van der Waals surface area contributed by atoms with Gasteiger partial charge in [0.25, 0.3) is 0 Å². The maximum absolute atomic E-state index is 11.2. The summed E-state index contributed by atoms with van der Waals surface area (Å²) in [5.74, 6) is -0.398. The van der Waals surface area contributed by atoms with E-state index in [0.29, 0.717) is 12.1 Å². The molecule has 2 rings (SSSR count). The standard InChI is InChI=1S/C13H18N2O2/c14-12(17)11-4-2-1-3-10(11)7-15-8-13(9-16)5-6-13/h1-4,15-16H,5-9H2,(H2,14,17). The lowest BCUT2D eigenvalue weighted by atomic mass is 10.1. The van der Waals surface area contributed by atoms with Crippen molar-refractivity contribution in [3.63, 3.8) is 0 Å². The summed E-state index contributed by atoms with van der Waals surface area (Å²) >= 11 is 0. The van der Waals surface area contributed by atoms with Crippen LogP contribution >= 0.6 is 0 Å². The van der Waals surface area contributed by atoms with E-state index >= 15 is 0 Å². The molecule has 1 aliphatic rings. The summed E-state index contributed by atoms with van der Waals surface area (Å²) in [5, 5.41) is 12.5. The Morgan fingerprint density at radius 2 is 2.12 bits per heavy atom. The zero-order chi connectivity index (χ0) is 12.3. The van der Waals surface area contributed by atoms with E-state index < -0.39 is 5.91 Å².